The first kappa shape index (κ1) is 16.1. The van der Waals surface area contributed by atoms with Crippen molar-refractivity contribution in [2.45, 2.75) is 45.2 Å². The first-order chi connectivity index (χ1) is 11.2. The fraction of sp³-hybridized carbons (Fsp3) is 0.733. The van der Waals surface area contributed by atoms with E-state index in [0.29, 0.717) is 24.7 Å². The molecule has 0 bridgehead atoms. The third-order valence-corrected chi connectivity index (χ3v) is 4.22. The summed E-state index contributed by atoms with van der Waals surface area (Å²) >= 11 is 0. The summed E-state index contributed by atoms with van der Waals surface area (Å²) in [6.45, 7) is 4.27. The van der Waals surface area contributed by atoms with Gasteiger partial charge in [0.25, 0.3) is 0 Å². The van der Waals surface area contributed by atoms with Gasteiger partial charge in [0.1, 0.15) is 11.6 Å². The summed E-state index contributed by atoms with van der Waals surface area (Å²) in [6, 6.07) is 0.157. The third kappa shape index (κ3) is 3.76. The monoisotopic (exact) mass is 320 g/mol. The largest absolute Gasteiger partial charge is 0.384 e. The van der Waals surface area contributed by atoms with Gasteiger partial charge in [0, 0.05) is 20.6 Å². The maximum absolute atomic E-state index is 5.50. The predicted octanol–water partition coefficient (Wildman–Crippen LogP) is 1.42. The molecule has 1 aliphatic rings. The highest BCUT2D eigenvalue weighted by atomic mass is 16.5. The molecule has 1 atom stereocenters. The summed E-state index contributed by atoms with van der Waals surface area (Å²) in [6.07, 6.45) is 4.06. The second kappa shape index (κ2) is 7.18. The van der Waals surface area contributed by atoms with Gasteiger partial charge in [0.2, 0.25) is 5.89 Å². The van der Waals surface area contributed by atoms with Crippen LogP contribution in [0.2, 0.25) is 0 Å². The van der Waals surface area contributed by atoms with E-state index >= 15 is 0 Å². The average Bonchev–Trinajstić information content (AvgIpc) is 3.13. The minimum atomic E-state index is 0.157. The molecule has 1 aliphatic heterocycles. The molecular formula is C15H24N6O2. The van der Waals surface area contributed by atoms with Crippen LogP contribution < -0.4 is 0 Å². The van der Waals surface area contributed by atoms with Gasteiger partial charge in [-0.2, -0.15) is 10.1 Å². The maximum Gasteiger partial charge on any atom is 0.244 e. The summed E-state index contributed by atoms with van der Waals surface area (Å²) in [5.41, 5.74) is 0. The topological polar surface area (TPSA) is 82.1 Å². The standard InChI is InChI=1S/C15H24N6O2/c1-11-16-14(20(2)18-11)10-21-8-5-4-6-12(21)15-17-13(19-23-15)7-9-22-3/h12H,4-10H2,1-3H3/t12-/m0/s1. The lowest BCUT2D eigenvalue weighted by Crippen LogP contribution is -2.34. The zero-order valence-corrected chi connectivity index (χ0v) is 14.0. The molecule has 0 unspecified atom stereocenters. The first-order valence-corrected chi connectivity index (χ1v) is 8.09. The Labute approximate surface area is 135 Å². The number of rotatable bonds is 6. The molecule has 1 saturated heterocycles. The number of aryl methyl sites for hydroxylation is 2. The lowest BCUT2D eigenvalue weighted by atomic mass is 10.0. The SMILES string of the molecule is COCCc1noc([C@@H]2CCCCN2Cc2nc(C)nn2C)n1. The van der Waals surface area contributed by atoms with E-state index in [1.54, 1.807) is 7.11 Å². The van der Waals surface area contributed by atoms with Gasteiger partial charge in [0.05, 0.1) is 19.2 Å². The molecule has 0 N–H and O–H groups in total. The van der Waals surface area contributed by atoms with Crippen LogP contribution in [0.25, 0.3) is 0 Å². The Morgan fingerprint density at radius 2 is 2.17 bits per heavy atom. The Kier molecular flexibility index (Phi) is 5.02. The second-order valence-corrected chi connectivity index (χ2v) is 5.97. The molecular weight excluding hydrogens is 296 g/mol. The molecule has 2 aromatic rings. The van der Waals surface area contributed by atoms with Gasteiger partial charge in [-0.3, -0.25) is 9.58 Å². The predicted molar refractivity (Wildman–Crippen MR) is 82.6 cm³/mol. The molecule has 8 nitrogen and oxygen atoms in total. The van der Waals surface area contributed by atoms with Gasteiger partial charge in [0.15, 0.2) is 5.82 Å². The Morgan fingerprint density at radius 1 is 1.30 bits per heavy atom. The zero-order valence-electron chi connectivity index (χ0n) is 14.0. The van der Waals surface area contributed by atoms with Crippen molar-refractivity contribution in [3.63, 3.8) is 0 Å². The summed E-state index contributed by atoms with van der Waals surface area (Å²) in [4.78, 5) is 11.4. The van der Waals surface area contributed by atoms with E-state index in [0.717, 1.165) is 31.2 Å². The summed E-state index contributed by atoms with van der Waals surface area (Å²) < 4.78 is 12.4. The van der Waals surface area contributed by atoms with Crippen molar-refractivity contribution in [2.24, 2.45) is 7.05 Å². The van der Waals surface area contributed by atoms with Crippen LogP contribution in [0, 0.1) is 6.92 Å². The summed E-state index contributed by atoms with van der Waals surface area (Å²) in [5, 5.41) is 8.39. The van der Waals surface area contributed by atoms with Gasteiger partial charge in [-0.1, -0.05) is 11.6 Å². The Morgan fingerprint density at radius 3 is 2.91 bits per heavy atom. The zero-order chi connectivity index (χ0) is 16.2. The van der Waals surface area contributed by atoms with Crippen LogP contribution in [-0.2, 0) is 24.8 Å². The van der Waals surface area contributed by atoms with E-state index in [1.807, 2.05) is 18.7 Å². The Hall–Kier alpha value is -1.80. The number of hydrogen-bond acceptors (Lipinski definition) is 7. The number of methoxy groups -OCH3 is 1. The Bertz CT molecular complexity index is 638. The molecule has 0 aliphatic carbocycles. The van der Waals surface area contributed by atoms with Crippen molar-refractivity contribution in [2.75, 3.05) is 20.3 Å². The molecule has 2 aromatic heterocycles. The van der Waals surface area contributed by atoms with Crippen molar-refractivity contribution in [1.29, 1.82) is 0 Å². The van der Waals surface area contributed by atoms with Gasteiger partial charge in [-0.05, 0) is 26.3 Å². The minimum Gasteiger partial charge on any atom is -0.384 e. The fourth-order valence-electron chi connectivity index (χ4n) is 3.03. The molecule has 3 rings (SSSR count). The van der Waals surface area contributed by atoms with E-state index in [9.17, 15) is 0 Å². The Balaban J connectivity index is 1.73. The molecule has 0 amide bonds. The fourth-order valence-corrected chi connectivity index (χ4v) is 3.03. The van der Waals surface area contributed by atoms with Gasteiger partial charge < -0.3 is 9.26 Å². The normalized spacial score (nSPS) is 19.3. The van der Waals surface area contributed by atoms with Crippen molar-refractivity contribution in [3.05, 3.63) is 23.4 Å². The highest BCUT2D eigenvalue weighted by Crippen LogP contribution is 2.30. The molecule has 8 heteroatoms. The van der Waals surface area contributed by atoms with Crippen LogP contribution in [0.15, 0.2) is 4.52 Å². The highest BCUT2D eigenvalue weighted by Gasteiger charge is 2.29. The van der Waals surface area contributed by atoms with Crippen LogP contribution in [0.1, 0.15) is 48.7 Å². The van der Waals surface area contributed by atoms with E-state index in [-0.39, 0.29) is 6.04 Å². The number of nitrogens with zero attached hydrogens (tertiary/aromatic N) is 6. The van der Waals surface area contributed by atoms with E-state index in [2.05, 4.69) is 25.1 Å². The molecule has 0 spiro atoms. The second-order valence-electron chi connectivity index (χ2n) is 5.97. The molecule has 126 valence electrons. The molecule has 23 heavy (non-hydrogen) atoms. The molecule has 0 saturated carbocycles. The van der Waals surface area contributed by atoms with Crippen LogP contribution >= 0.6 is 0 Å². The van der Waals surface area contributed by atoms with Gasteiger partial charge in [-0.25, -0.2) is 4.98 Å². The van der Waals surface area contributed by atoms with E-state index < -0.39 is 0 Å². The molecule has 0 aromatic carbocycles. The average molecular weight is 320 g/mol. The van der Waals surface area contributed by atoms with Crippen LogP contribution in [0.5, 0.6) is 0 Å². The van der Waals surface area contributed by atoms with Crippen LogP contribution in [-0.4, -0.2) is 50.1 Å². The first-order valence-electron chi connectivity index (χ1n) is 8.09. The van der Waals surface area contributed by atoms with Gasteiger partial charge in [-0.15, -0.1) is 0 Å². The highest BCUT2D eigenvalue weighted by molar-refractivity contribution is 4.98. The van der Waals surface area contributed by atoms with Crippen molar-refractivity contribution >= 4 is 0 Å². The number of ether oxygens (including phenoxy) is 1. The van der Waals surface area contributed by atoms with E-state index in [4.69, 9.17) is 9.26 Å². The third-order valence-electron chi connectivity index (χ3n) is 4.22. The lowest BCUT2D eigenvalue weighted by molar-refractivity contribution is 0.107. The van der Waals surface area contributed by atoms with Crippen LogP contribution in [0.3, 0.4) is 0 Å². The van der Waals surface area contributed by atoms with Crippen LogP contribution in [0.4, 0.5) is 0 Å². The smallest absolute Gasteiger partial charge is 0.244 e. The minimum absolute atomic E-state index is 0.157. The maximum atomic E-state index is 5.50. The lowest BCUT2D eigenvalue weighted by Gasteiger charge is -2.32. The van der Waals surface area contributed by atoms with Crippen molar-refractivity contribution < 1.29 is 9.26 Å². The molecule has 0 radical (unpaired) electrons. The number of piperidine rings is 1. The summed E-state index contributed by atoms with van der Waals surface area (Å²) in [7, 11) is 3.61. The van der Waals surface area contributed by atoms with Gasteiger partial charge >= 0.3 is 0 Å². The van der Waals surface area contributed by atoms with Crippen molar-refractivity contribution in [1.82, 2.24) is 29.8 Å². The molecule has 3 heterocycles. The number of aromatic nitrogens is 5. The van der Waals surface area contributed by atoms with Crippen molar-refractivity contribution in [3.8, 4) is 0 Å². The summed E-state index contributed by atoms with van der Waals surface area (Å²) in [5.74, 6) is 3.18. The quantitative estimate of drug-likeness (QED) is 0.796. The number of likely N-dealkylation sites (tertiary alicyclic amines) is 1. The van der Waals surface area contributed by atoms with E-state index in [1.165, 1.54) is 12.8 Å². The molecule has 1 fully saturated rings. The number of hydrogen-bond donors (Lipinski definition) is 0.